The van der Waals surface area contributed by atoms with E-state index in [2.05, 4.69) is 39.5 Å². The summed E-state index contributed by atoms with van der Waals surface area (Å²) in [6.07, 6.45) is 1.78. The molecule has 0 saturated carbocycles. The van der Waals surface area contributed by atoms with Gasteiger partial charge in [-0.1, -0.05) is 6.07 Å². The van der Waals surface area contributed by atoms with Crippen molar-refractivity contribution in [3.05, 3.63) is 59.4 Å². The van der Waals surface area contributed by atoms with Crippen LogP contribution in [0, 0.1) is 0 Å². The maximum Gasteiger partial charge on any atom is 0.187 e. The molecule has 0 amide bonds. The molecule has 6 nitrogen and oxygen atoms in total. The molecule has 4 heterocycles. The second kappa shape index (κ2) is 8.28. The SMILES string of the molecule is c1ccc(-c2csc(-c3csc(Nc4ccc(N5CCOCC5)cc4)n3)n2)nc1. The van der Waals surface area contributed by atoms with Gasteiger partial charge in [-0.25, -0.2) is 9.97 Å². The zero-order valence-electron chi connectivity index (χ0n) is 15.6. The molecule has 1 aliphatic rings. The van der Waals surface area contributed by atoms with Crippen LogP contribution in [0.25, 0.3) is 22.1 Å². The number of benzene rings is 1. The normalized spacial score (nSPS) is 14.1. The number of nitrogens with one attached hydrogen (secondary N) is 1. The topological polar surface area (TPSA) is 63.2 Å². The molecule has 0 unspecified atom stereocenters. The summed E-state index contributed by atoms with van der Waals surface area (Å²) in [4.78, 5) is 16.1. The van der Waals surface area contributed by atoms with E-state index in [1.807, 2.05) is 29.0 Å². The summed E-state index contributed by atoms with van der Waals surface area (Å²) in [5.41, 5.74) is 4.89. The first-order chi connectivity index (χ1) is 14.3. The number of hydrogen-bond donors (Lipinski definition) is 1. The van der Waals surface area contributed by atoms with Crippen LogP contribution < -0.4 is 10.2 Å². The van der Waals surface area contributed by atoms with Gasteiger partial charge in [0.25, 0.3) is 0 Å². The van der Waals surface area contributed by atoms with Crippen LogP contribution in [0.2, 0.25) is 0 Å². The molecule has 0 bridgehead atoms. The summed E-state index contributed by atoms with van der Waals surface area (Å²) >= 11 is 3.16. The lowest BCUT2D eigenvalue weighted by atomic mass is 10.2. The number of thiazole rings is 2. The molecule has 1 saturated heterocycles. The van der Waals surface area contributed by atoms with Gasteiger partial charge in [0.2, 0.25) is 0 Å². The van der Waals surface area contributed by atoms with Crippen LogP contribution in [0.5, 0.6) is 0 Å². The summed E-state index contributed by atoms with van der Waals surface area (Å²) in [5.74, 6) is 0. The highest BCUT2D eigenvalue weighted by Gasteiger charge is 2.13. The minimum atomic E-state index is 0.792. The number of nitrogens with zero attached hydrogens (tertiary/aromatic N) is 4. The van der Waals surface area contributed by atoms with E-state index in [4.69, 9.17) is 14.7 Å². The minimum Gasteiger partial charge on any atom is -0.378 e. The van der Waals surface area contributed by atoms with Crippen LogP contribution in [0.1, 0.15) is 0 Å². The third-order valence-corrected chi connectivity index (χ3v) is 6.27. The van der Waals surface area contributed by atoms with Crippen molar-refractivity contribution in [2.45, 2.75) is 0 Å². The Morgan fingerprint density at radius 2 is 1.69 bits per heavy atom. The van der Waals surface area contributed by atoms with Crippen LogP contribution in [0.4, 0.5) is 16.5 Å². The fourth-order valence-corrected chi connectivity index (χ4v) is 4.72. The molecule has 29 heavy (non-hydrogen) atoms. The largest absolute Gasteiger partial charge is 0.378 e. The Morgan fingerprint density at radius 1 is 0.862 bits per heavy atom. The van der Waals surface area contributed by atoms with Crippen molar-refractivity contribution in [3.8, 4) is 22.1 Å². The molecule has 3 aromatic heterocycles. The van der Waals surface area contributed by atoms with Gasteiger partial charge >= 0.3 is 0 Å². The highest BCUT2D eigenvalue weighted by Crippen LogP contribution is 2.31. The number of anilines is 3. The standard InChI is InChI=1S/C21H19N5OS2/c1-2-8-22-17(3-1)18-13-28-20(24-18)19-14-29-21(25-19)23-15-4-6-16(7-5-15)26-9-11-27-12-10-26/h1-8,13-14H,9-12H2,(H,23,25). The van der Waals surface area contributed by atoms with Crippen molar-refractivity contribution in [2.75, 3.05) is 36.5 Å². The lowest BCUT2D eigenvalue weighted by Crippen LogP contribution is -2.36. The van der Waals surface area contributed by atoms with E-state index in [9.17, 15) is 0 Å². The Morgan fingerprint density at radius 3 is 2.48 bits per heavy atom. The molecule has 8 heteroatoms. The van der Waals surface area contributed by atoms with Gasteiger partial charge in [-0.15, -0.1) is 22.7 Å². The van der Waals surface area contributed by atoms with Gasteiger partial charge in [0, 0.05) is 41.4 Å². The van der Waals surface area contributed by atoms with Crippen molar-refractivity contribution in [1.29, 1.82) is 0 Å². The van der Waals surface area contributed by atoms with Crippen LogP contribution in [0.3, 0.4) is 0 Å². The molecule has 0 atom stereocenters. The van der Waals surface area contributed by atoms with Crippen molar-refractivity contribution in [3.63, 3.8) is 0 Å². The second-order valence-electron chi connectivity index (χ2n) is 6.56. The molecule has 0 aliphatic carbocycles. The zero-order valence-corrected chi connectivity index (χ0v) is 17.2. The number of rotatable bonds is 5. The maximum atomic E-state index is 5.42. The van der Waals surface area contributed by atoms with Crippen molar-refractivity contribution < 1.29 is 4.74 Å². The summed E-state index contributed by atoms with van der Waals surface area (Å²) < 4.78 is 5.42. The van der Waals surface area contributed by atoms with Gasteiger partial charge < -0.3 is 15.0 Å². The Hall–Kier alpha value is -2.81. The average molecular weight is 422 g/mol. The molecular formula is C21H19N5OS2. The lowest BCUT2D eigenvalue weighted by molar-refractivity contribution is 0.122. The Bertz CT molecular complexity index is 1070. The van der Waals surface area contributed by atoms with Crippen LogP contribution in [-0.4, -0.2) is 41.3 Å². The molecule has 1 fully saturated rings. The van der Waals surface area contributed by atoms with E-state index in [1.54, 1.807) is 28.9 Å². The average Bonchev–Trinajstić information content (AvgIpc) is 3.45. The lowest BCUT2D eigenvalue weighted by Gasteiger charge is -2.28. The number of hydrogen-bond acceptors (Lipinski definition) is 8. The number of morpholine rings is 1. The highest BCUT2D eigenvalue weighted by molar-refractivity contribution is 7.15. The maximum absolute atomic E-state index is 5.42. The molecule has 0 radical (unpaired) electrons. The molecule has 0 spiro atoms. The molecule has 1 aromatic carbocycles. The third-order valence-electron chi connectivity index (χ3n) is 4.65. The van der Waals surface area contributed by atoms with E-state index in [-0.39, 0.29) is 0 Å². The van der Waals surface area contributed by atoms with Gasteiger partial charge in [-0.05, 0) is 36.4 Å². The summed E-state index contributed by atoms with van der Waals surface area (Å²) in [6, 6.07) is 14.3. The van der Waals surface area contributed by atoms with Crippen LogP contribution in [-0.2, 0) is 4.74 Å². The number of aromatic nitrogens is 3. The summed E-state index contributed by atoms with van der Waals surface area (Å²) in [7, 11) is 0. The van der Waals surface area contributed by atoms with Gasteiger partial charge in [0.05, 0.1) is 18.9 Å². The van der Waals surface area contributed by atoms with Crippen molar-refractivity contribution >= 4 is 39.2 Å². The number of ether oxygens (including phenoxy) is 1. The Balaban J connectivity index is 1.27. The van der Waals surface area contributed by atoms with E-state index in [0.29, 0.717) is 0 Å². The number of pyridine rings is 1. The first kappa shape index (κ1) is 18.2. The van der Waals surface area contributed by atoms with E-state index in [1.165, 1.54) is 5.69 Å². The fraction of sp³-hybridized carbons (Fsp3) is 0.190. The fourth-order valence-electron chi connectivity index (χ4n) is 3.15. The predicted octanol–water partition coefficient (Wildman–Crippen LogP) is 4.91. The van der Waals surface area contributed by atoms with E-state index in [0.717, 1.165) is 59.2 Å². The quantitative estimate of drug-likeness (QED) is 0.494. The molecule has 1 N–H and O–H groups in total. The van der Waals surface area contributed by atoms with Crippen LogP contribution >= 0.6 is 22.7 Å². The first-order valence-corrected chi connectivity index (χ1v) is 11.1. The molecule has 1 aliphatic heterocycles. The van der Waals surface area contributed by atoms with Gasteiger partial charge in [0.1, 0.15) is 16.4 Å². The Kier molecular flexibility index (Phi) is 5.21. The van der Waals surface area contributed by atoms with Crippen molar-refractivity contribution in [2.24, 2.45) is 0 Å². The smallest absolute Gasteiger partial charge is 0.187 e. The first-order valence-electron chi connectivity index (χ1n) is 9.38. The minimum absolute atomic E-state index is 0.792. The second-order valence-corrected chi connectivity index (χ2v) is 8.28. The van der Waals surface area contributed by atoms with Gasteiger partial charge in [-0.3, -0.25) is 4.98 Å². The molecule has 4 aromatic rings. The van der Waals surface area contributed by atoms with Crippen LogP contribution in [0.15, 0.2) is 59.4 Å². The summed E-state index contributed by atoms with van der Waals surface area (Å²) in [5, 5.41) is 9.20. The predicted molar refractivity (Wildman–Crippen MR) is 119 cm³/mol. The van der Waals surface area contributed by atoms with E-state index >= 15 is 0 Å². The monoisotopic (exact) mass is 421 g/mol. The Labute approximate surface area is 176 Å². The van der Waals surface area contributed by atoms with Crippen molar-refractivity contribution in [1.82, 2.24) is 15.0 Å². The van der Waals surface area contributed by atoms with Gasteiger partial charge in [0.15, 0.2) is 5.13 Å². The highest BCUT2D eigenvalue weighted by atomic mass is 32.1. The van der Waals surface area contributed by atoms with Gasteiger partial charge in [-0.2, -0.15) is 0 Å². The summed E-state index contributed by atoms with van der Waals surface area (Å²) in [6.45, 7) is 3.47. The third kappa shape index (κ3) is 4.14. The van der Waals surface area contributed by atoms with E-state index < -0.39 is 0 Å². The molecule has 146 valence electrons. The zero-order chi connectivity index (χ0) is 19.5. The molecular weight excluding hydrogens is 402 g/mol. The molecule has 5 rings (SSSR count).